The van der Waals surface area contributed by atoms with Gasteiger partial charge in [-0.25, -0.2) is 18.1 Å². The largest absolute Gasteiger partial charge is 0.335 e. The lowest BCUT2D eigenvalue weighted by atomic mass is 9.88. The van der Waals surface area contributed by atoms with Crippen molar-refractivity contribution in [3.05, 3.63) is 12.5 Å². The van der Waals surface area contributed by atoms with E-state index in [1.165, 1.54) is 12.5 Å². The quantitative estimate of drug-likeness (QED) is 0.706. The summed E-state index contributed by atoms with van der Waals surface area (Å²) in [4.78, 5) is 6.32. The summed E-state index contributed by atoms with van der Waals surface area (Å²) in [5.74, 6) is 0.891. The van der Waals surface area contributed by atoms with E-state index in [1.807, 2.05) is 0 Å². The van der Waals surface area contributed by atoms with Crippen LogP contribution in [0, 0.1) is 11.8 Å². The van der Waals surface area contributed by atoms with Crippen molar-refractivity contribution in [1.82, 2.24) is 20.0 Å². The zero-order chi connectivity index (χ0) is 12.3. The van der Waals surface area contributed by atoms with E-state index in [0.717, 1.165) is 19.5 Å². The second kappa shape index (κ2) is 5.16. The molecule has 1 aromatic heterocycles. The van der Waals surface area contributed by atoms with Crippen molar-refractivity contribution in [2.45, 2.75) is 18.4 Å². The maximum atomic E-state index is 11.8. The highest BCUT2D eigenvalue weighted by Gasteiger charge is 2.23. The topological polar surface area (TPSA) is 86.9 Å². The Hall–Kier alpha value is -0.920. The molecule has 2 atom stereocenters. The number of nitrogens with zero attached hydrogens (tertiary/aromatic N) is 1. The van der Waals surface area contributed by atoms with Crippen molar-refractivity contribution >= 4 is 10.0 Å². The second-order valence-corrected chi connectivity index (χ2v) is 6.23. The molecule has 2 rings (SSSR count). The number of aromatic nitrogens is 2. The number of imidazole rings is 1. The van der Waals surface area contributed by atoms with Crippen LogP contribution in [-0.2, 0) is 10.0 Å². The lowest BCUT2D eigenvalue weighted by Crippen LogP contribution is -2.41. The summed E-state index contributed by atoms with van der Waals surface area (Å²) in [6.45, 7) is 4.54. The first-order valence-corrected chi connectivity index (χ1v) is 7.26. The number of aromatic amines is 1. The summed E-state index contributed by atoms with van der Waals surface area (Å²) in [7, 11) is -3.43. The fourth-order valence-electron chi connectivity index (χ4n) is 2.06. The van der Waals surface area contributed by atoms with Crippen molar-refractivity contribution < 1.29 is 8.42 Å². The molecule has 0 radical (unpaired) electrons. The zero-order valence-electron chi connectivity index (χ0n) is 9.81. The number of hydrogen-bond acceptors (Lipinski definition) is 4. The van der Waals surface area contributed by atoms with E-state index in [0.29, 0.717) is 18.4 Å². The number of hydrogen-bond donors (Lipinski definition) is 3. The molecular formula is C10H18N4O2S. The molecular weight excluding hydrogens is 240 g/mol. The van der Waals surface area contributed by atoms with Crippen LogP contribution in [0.4, 0.5) is 0 Å². The van der Waals surface area contributed by atoms with Gasteiger partial charge in [-0.15, -0.1) is 0 Å². The Morgan fingerprint density at radius 1 is 1.59 bits per heavy atom. The lowest BCUT2D eigenvalue weighted by Gasteiger charge is -2.29. The van der Waals surface area contributed by atoms with Crippen molar-refractivity contribution in [3.63, 3.8) is 0 Å². The summed E-state index contributed by atoms with van der Waals surface area (Å²) >= 11 is 0. The molecule has 0 bridgehead atoms. The Balaban J connectivity index is 1.93. The van der Waals surface area contributed by atoms with Crippen LogP contribution in [0.3, 0.4) is 0 Å². The molecule has 1 aromatic rings. The van der Waals surface area contributed by atoms with E-state index in [2.05, 4.69) is 26.9 Å². The van der Waals surface area contributed by atoms with Gasteiger partial charge in [0.2, 0.25) is 0 Å². The van der Waals surface area contributed by atoms with Gasteiger partial charge in [-0.1, -0.05) is 6.92 Å². The molecule has 6 nitrogen and oxygen atoms in total. The normalized spacial score (nSPS) is 25.9. The van der Waals surface area contributed by atoms with Crippen molar-refractivity contribution in [3.8, 4) is 0 Å². The highest BCUT2D eigenvalue weighted by atomic mass is 32.2. The smallest absolute Gasteiger partial charge is 0.257 e. The van der Waals surface area contributed by atoms with E-state index in [9.17, 15) is 8.42 Å². The summed E-state index contributed by atoms with van der Waals surface area (Å²) in [5.41, 5.74) is 0. The summed E-state index contributed by atoms with van der Waals surface area (Å²) in [6, 6.07) is 0. The molecule has 1 saturated heterocycles. The number of rotatable bonds is 4. The molecule has 2 heterocycles. The van der Waals surface area contributed by atoms with Crippen LogP contribution < -0.4 is 10.0 Å². The van der Waals surface area contributed by atoms with E-state index in [4.69, 9.17) is 0 Å². The number of H-pyrrole nitrogens is 1. The fraction of sp³-hybridized carbons (Fsp3) is 0.700. The van der Waals surface area contributed by atoms with Gasteiger partial charge in [0.05, 0.1) is 12.5 Å². The minimum atomic E-state index is -3.43. The third kappa shape index (κ3) is 3.05. The summed E-state index contributed by atoms with van der Waals surface area (Å²) < 4.78 is 26.3. The van der Waals surface area contributed by atoms with Gasteiger partial charge < -0.3 is 10.3 Å². The molecule has 1 aliphatic rings. The van der Waals surface area contributed by atoms with E-state index in [1.54, 1.807) is 0 Å². The molecule has 96 valence electrons. The van der Waals surface area contributed by atoms with Gasteiger partial charge in [0, 0.05) is 6.54 Å². The molecule has 1 fully saturated rings. The maximum absolute atomic E-state index is 11.8. The average Bonchev–Trinajstić information content (AvgIpc) is 2.82. The van der Waals surface area contributed by atoms with Gasteiger partial charge in [0.15, 0.2) is 5.03 Å². The zero-order valence-corrected chi connectivity index (χ0v) is 10.6. The van der Waals surface area contributed by atoms with Gasteiger partial charge in [0.25, 0.3) is 10.0 Å². The molecule has 3 N–H and O–H groups in total. The van der Waals surface area contributed by atoms with Crippen LogP contribution in [-0.4, -0.2) is 38.0 Å². The Bertz CT molecular complexity index is 443. The first-order chi connectivity index (χ1) is 8.09. The van der Waals surface area contributed by atoms with Crippen LogP contribution in [0.5, 0.6) is 0 Å². The van der Waals surface area contributed by atoms with Gasteiger partial charge in [0.1, 0.15) is 0 Å². The number of nitrogens with one attached hydrogen (secondary N) is 3. The first kappa shape index (κ1) is 12.5. The SMILES string of the molecule is CC1CNCCC1CNS(=O)(=O)c1cnc[nH]1. The van der Waals surface area contributed by atoms with Crippen molar-refractivity contribution in [1.29, 1.82) is 0 Å². The minimum Gasteiger partial charge on any atom is -0.335 e. The predicted octanol–water partition coefficient (Wildman–Crippen LogP) is -0.0664. The molecule has 0 aliphatic carbocycles. The van der Waals surface area contributed by atoms with E-state index in [-0.39, 0.29) is 5.03 Å². The molecule has 17 heavy (non-hydrogen) atoms. The van der Waals surface area contributed by atoms with Crippen LogP contribution in [0.25, 0.3) is 0 Å². The predicted molar refractivity (Wildman–Crippen MR) is 63.9 cm³/mol. The molecule has 7 heteroatoms. The maximum Gasteiger partial charge on any atom is 0.257 e. The Kier molecular flexibility index (Phi) is 3.80. The lowest BCUT2D eigenvalue weighted by molar-refractivity contribution is 0.274. The highest BCUT2D eigenvalue weighted by molar-refractivity contribution is 7.89. The van der Waals surface area contributed by atoms with Gasteiger partial charge >= 0.3 is 0 Å². The second-order valence-electron chi connectivity index (χ2n) is 4.50. The van der Waals surface area contributed by atoms with Gasteiger partial charge in [-0.05, 0) is 31.3 Å². The van der Waals surface area contributed by atoms with Crippen LogP contribution >= 0.6 is 0 Å². The van der Waals surface area contributed by atoms with Gasteiger partial charge in [-0.3, -0.25) is 0 Å². The Morgan fingerprint density at radius 2 is 2.41 bits per heavy atom. The monoisotopic (exact) mass is 258 g/mol. The molecule has 0 aromatic carbocycles. The standard InChI is InChI=1S/C10H18N4O2S/c1-8-4-11-3-2-9(8)5-14-17(15,16)10-6-12-7-13-10/h6-9,11,14H,2-5H2,1H3,(H,12,13). The molecule has 2 unspecified atom stereocenters. The van der Waals surface area contributed by atoms with Crippen molar-refractivity contribution in [2.24, 2.45) is 11.8 Å². The molecule has 0 spiro atoms. The molecule has 0 saturated carbocycles. The first-order valence-electron chi connectivity index (χ1n) is 5.78. The number of sulfonamides is 1. The third-order valence-electron chi connectivity index (χ3n) is 3.26. The third-order valence-corrected chi connectivity index (χ3v) is 4.61. The average molecular weight is 258 g/mol. The van der Waals surface area contributed by atoms with Crippen LogP contribution in [0.1, 0.15) is 13.3 Å². The Labute approximate surface area is 101 Å². The summed E-state index contributed by atoms with van der Waals surface area (Å²) in [6.07, 6.45) is 3.68. The fourth-order valence-corrected chi connectivity index (χ4v) is 3.05. The van der Waals surface area contributed by atoms with Gasteiger partial charge in [-0.2, -0.15) is 0 Å². The van der Waals surface area contributed by atoms with Crippen LogP contribution in [0.2, 0.25) is 0 Å². The van der Waals surface area contributed by atoms with E-state index < -0.39 is 10.0 Å². The van der Waals surface area contributed by atoms with Crippen LogP contribution in [0.15, 0.2) is 17.6 Å². The molecule has 1 aliphatic heterocycles. The number of piperidine rings is 1. The van der Waals surface area contributed by atoms with E-state index >= 15 is 0 Å². The van der Waals surface area contributed by atoms with Crippen molar-refractivity contribution in [2.75, 3.05) is 19.6 Å². The minimum absolute atomic E-state index is 0.124. The molecule has 0 amide bonds. The summed E-state index contributed by atoms with van der Waals surface area (Å²) in [5, 5.41) is 3.42. The highest BCUT2D eigenvalue weighted by Crippen LogP contribution is 2.18. The Morgan fingerprint density at radius 3 is 3.06 bits per heavy atom.